The minimum absolute atomic E-state index is 0.255. The monoisotopic (exact) mass is 453 g/mol. The molecule has 2 fully saturated rings. The maximum Gasteiger partial charge on any atom is 0.0726 e. The Bertz CT molecular complexity index is 927. The minimum Gasteiger partial charge on any atom is -0.372 e. The van der Waals surface area contributed by atoms with Crippen molar-refractivity contribution in [2.45, 2.75) is 75.7 Å². The van der Waals surface area contributed by atoms with Gasteiger partial charge in [-0.15, -0.1) is 0 Å². The molecule has 5 nitrogen and oxygen atoms in total. The van der Waals surface area contributed by atoms with Crippen molar-refractivity contribution in [3.63, 3.8) is 0 Å². The van der Waals surface area contributed by atoms with E-state index in [0.29, 0.717) is 0 Å². The molecule has 5 rings (SSSR count). The number of ether oxygens (including phenoxy) is 2. The summed E-state index contributed by atoms with van der Waals surface area (Å²) in [5.41, 5.74) is 7.66. The smallest absolute Gasteiger partial charge is 0.0726 e. The number of benzene rings is 2. The zero-order valence-electron chi connectivity index (χ0n) is 20.1. The Labute approximate surface area is 196 Å². The third kappa shape index (κ3) is 4.20. The topological polar surface area (TPSA) is 37.0 Å². The van der Waals surface area contributed by atoms with Crippen LogP contribution < -0.4 is 15.1 Å². The molecule has 3 aliphatic rings. The van der Waals surface area contributed by atoms with Gasteiger partial charge in [0.1, 0.15) is 0 Å². The lowest BCUT2D eigenvalue weighted by molar-refractivity contribution is -0.00549. The number of hydrogen-bond acceptors (Lipinski definition) is 6. The Morgan fingerprint density at radius 3 is 1.44 bits per heavy atom. The quantitative estimate of drug-likeness (QED) is 0.533. The fourth-order valence-corrected chi connectivity index (χ4v) is 6.56. The third-order valence-corrected chi connectivity index (χ3v) is 7.69. The number of hydrogen-bond donors (Lipinski definition) is 1. The summed E-state index contributed by atoms with van der Waals surface area (Å²) in [7, 11) is 0. The molecule has 2 saturated heterocycles. The van der Waals surface area contributed by atoms with Crippen LogP contribution in [0, 0.1) is 13.8 Å². The Balaban J connectivity index is 1.46. The first-order chi connectivity index (χ1) is 15.3. The molecule has 0 aliphatic carbocycles. The second kappa shape index (κ2) is 8.47. The molecule has 32 heavy (non-hydrogen) atoms. The Morgan fingerprint density at radius 2 is 1.06 bits per heavy atom. The summed E-state index contributed by atoms with van der Waals surface area (Å²) < 4.78 is 11.9. The van der Waals surface area contributed by atoms with Gasteiger partial charge in [0, 0.05) is 47.3 Å². The highest BCUT2D eigenvalue weighted by Crippen LogP contribution is 2.49. The van der Waals surface area contributed by atoms with Gasteiger partial charge in [-0.1, -0.05) is 11.8 Å². The van der Waals surface area contributed by atoms with Crippen LogP contribution in [0.3, 0.4) is 0 Å². The number of anilines is 4. The van der Waals surface area contributed by atoms with Gasteiger partial charge < -0.3 is 24.6 Å². The molecule has 3 aliphatic heterocycles. The molecule has 0 spiro atoms. The molecule has 0 bridgehead atoms. The zero-order valence-corrected chi connectivity index (χ0v) is 20.9. The Kier molecular flexibility index (Phi) is 5.81. The van der Waals surface area contributed by atoms with E-state index in [9.17, 15) is 0 Å². The molecule has 2 aromatic rings. The zero-order chi connectivity index (χ0) is 22.6. The second-order valence-electron chi connectivity index (χ2n) is 9.82. The average Bonchev–Trinajstić information content (AvgIpc) is 2.71. The molecule has 172 valence electrons. The fraction of sp³-hybridized carbons (Fsp3) is 0.538. The lowest BCUT2D eigenvalue weighted by atomic mass is 10.1. The highest BCUT2D eigenvalue weighted by Gasteiger charge is 2.27. The van der Waals surface area contributed by atoms with Crippen molar-refractivity contribution in [3.05, 3.63) is 35.4 Å². The molecule has 1 N–H and O–H groups in total. The van der Waals surface area contributed by atoms with Gasteiger partial charge in [-0.3, -0.25) is 0 Å². The van der Waals surface area contributed by atoms with E-state index in [0.717, 1.165) is 26.2 Å². The van der Waals surface area contributed by atoms with Crippen molar-refractivity contribution in [1.82, 2.24) is 0 Å². The number of morpholine rings is 2. The van der Waals surface area contributed by atoms with Gasteiger partial charge in [0.2, 0.25) is 0 Å². The van der Waals surface area contributed by atoms with Crippen LogP contribution in [0.25, 0.3) is 0 Å². The lowest BCUT2D eigenvalue weighted by Crippen LogP contribution is -2.45. The number of fused-ring (bicyclic) bond motifs is 2. The average molecular weight is 454 g/mol. The molecular formula is C26H35N3O2S. The van der Waals surface area contributed by atoms with Crippen molar-refractivity contribution < 1.29 is 9.47 Å². The summed E-state index contributed by atoms with van der Waals surface area (Å²) in [6.07, 6.45) is 1.02. The molecule has 3 heterocycles. The normalized spacial score (nSPS) is 27.6. The second-order valence-corrected chi connectivity index (χ2v) is 10.9. The molecule has 0 radical (unpaired) electrons. The number of rotatable bonds is 2. The molecule has 2 aromatic carbocycles. The number of aryl methyl sites for hydroxylation is 2. The van der Waals surface area contributed by atoms with Crippen LogP contribution in [0.2, 0.25) is 0 Å². The van der Waals surface area contributed by atoms with Gasteiger partial charge in [0.15, 0.2) is 0 Å². The number of nitrogens with zero attached hydrogens (tertiary/aromatic N) is 2. The van der Waals surface area contributed by atoms with Crippen LogP contribution in [0.15, 0.2) is 34.1 Å². The molecule has 6 heteroatoms. The third-order valence-electron chi connectivity index (χ3n) is 6.61. The van der Waals surface area contributed by atoms with Gasteiger partial charge in [-0.2, -0.15) is 0 Å². The molecule has 0 unspecified atom stereocenters. The maximum absolute atomic E-state index is 5.95. The minimum atomic E-state index is 0.255. The van der Waals surface area contributed by atoms with E-state index in [4.69, 9.17) is 9.47 Å². The standard InChI is InChI=1S/C26H35N3O2S/c1-15-7-21(28-11-17(3)30-18(4)12-28)9-23-25(15)27-26-16(2)8-22(10-24(26)32-23)29-13-19(5)31-20(6)14-29/h7-10,17-20,27H,11-14H2,1-6H3/t17-,18+,19-,20+. The fourth-order valence-electron chi connectivity index (χ4n) is 5.34. The molecule has 0 aromatic heterocycles. The summed E-state index contributed by atoms with van der Waals surface area (Å²) in [5, 5.41) is 3.77. The molecule has 0 amide bonds. The largest absolute Gasteiger partial charge is 0.372 e. The predicted molar refractivity (Wildman–Crippen MR) is 134 cm³/mol. The predicted octanol–water partition coefficient (Wildman–Crippen LogP) is 5.74. The maximum atomic E-state index is 5.95. The van der Waals surface area contributed by atoms with E-state index in [1.54, 1.807) is 0 Å². The van der Waals surface area contributed by atoms with E-state index in [1.807, 2.05) is 11.8 Å². The summed E-state index contributed by atoms with van der Waals surface area (Å²) in [4.78, 5) is 7.56. The first kappa shape index (κ1) is 21.9. The molecule has 0 saturated carbocycles. The van der Waals surface area contributed by atoms with E-state index >= 15 is 0 Å². The van der Waals surface area contributed by atoms with Crippen LogP contribution in [-0.2, 0) is 9.47 Å². The highest BCUT2D eigenvalue weighted by atomic mass is 32.2. The van der Waals surface area contributed by atoms with Gasteiger partial charge in [0.25, 0.3) is 0 Å². The SMILES string of the molecule is Cc1cc(N2C[C@@H](C)O[C@@H](C)C2)cc2c1Nc1c(C)cc(N3C[C@@H](C)O[C@@H](C)C3)cc1S2. The van der Waals surface area contributed by atoms with Crippen molar-refractivity contribution in [2.24, 2.45) is 0 Å². The first-order valence-electron chi connectivity index (χ1n) is 11.8. The van der Waals surface area contributed by atoms with Crippen molar-refractivity contribution in [2.75, 3.05) is 41.3 Å². The lowest BCUT2D eigenvalue weighted by Gasteiger charge is -2.38. The van der Waals surface area contributed by atoms with Crippen molar-refractivity contribution >= 4 is 34.5 Å². The summed E-state index contributed by atoms with van der Waals surface area (Å²) in [5.74, 6) is 0. The highest BCUT2D eigenvalue weighted by molar-refractivity contribution is 7.99. The van der Waals surface area contributed by atoms with Gasteiger partial charge in [-0.05, 0) is 76.9 Å². The van der Waals surface area contributed by atoms with Crippen LogP contribution in [0.5, 0.6) is 0 Å². The van der Waals surface area contributed by atoms with E-state index < -0.39 is 0 Å². The van der Waals surface area contributed by atoms with E-state index in [-0.39, 0.29) is 24.4 Å². The first-order valence-corrected chi connectivity index (χ1v) is 12.6. The van der Waals surface area contributed by atoms with Gasteiger partial charge in [0.05, 0.1) is 35.8 Å². The van der Waals surface area contributed by atoms with E-state index in [1.165, 1.54) is 43.7 Å². The summed E-state index contributed by atoms with van der Waals surface area (Å²) >= 11 is 1.89. The van der Waals surface area contributed by atoms with Crippen molar-refractivity contribution in [3.8, 4) is 0 Å². The van der Waals surface area contributed by atoms with E-state index in [2.05, 4.69) is 80.9 Å². The van der Waals surface area contributed by atoms with Crippen LogP contribution >= 0.6 is 11.8 Å². The van der Waals surface area contributed by atoms with Crippen LogP contribution in [0.4, 0.5) is 22.7 Å². The molecular weight excluding hydrogens is 418 g/mol. The van der Waals surface area contributed by atoms with Gasteiger partial charge >= 0.3 is 0 Å². The van der Waals surface area contributed by atoms with Gasteiger partial charge in [-0.25, -0.2) is 0 Å². The van der Waals surface area contributed by atoms with Crippen LogP contribution in [0.1, 0.15) is 38.8 Å². The van der Waals surface area contributed by atoms with Crippen molar-refractivity contribution in [1.29, 1.82) is 0 Å². The summed E-state index contributed by atoms with van der Waals surface area (Å²) in [6.45, 7) is 16.8. The Morgan fingerprint density at radius 1 is 0.688 bits per heavy atom. The molecule has 4 atom stereocenters. The van der Waals surface area contributed by atoms with Crippen LogP contribution in [-0.4, -0.2) is 50.6 Å². The number of nitrogens with one attached hydrogen (secondary N) is 1. The Hall–Kier alpha value is -1.89. The summed E-state index contributed by atoms with van der Waals surface area (Å²) in [6, 6.07) is 9.36.